The van der Waals surface area contributed by atoms with Crippen LogP contribution in [-0.4, -0.2) is 11.9 Å². The molecule has 0 aromatic carbocycles. The quantitative estimate of drug-likeness (QED) is 0.662. The van der Waals surface area contributed by atoms with Crippen molar-refractivity contribution in [3.63, 3.8) is 0 Å². The van der Waals surface area contributed by atoms with E-state index in [-0.39, 0.29) is 17.7 Å². The van der Waals surface area contributed by atoms with E-state index < -0.39 is 6.03 Å². The van der Waals surface area contributed by atoms with Crippen LogP contribution in [0.2, 0.25) is 0 Å². The summed E-state index contributed by atoms with van der Waals surface area (Å²) in [5, 5.41) is 2.08. The van der Waals surface area contributed by atoms with Gasteiger partial charge in [0.25, 0.3) is 0 Å². The smallest absolute Gasteiger partial charge is 0.318 e. The first-order valence-electron chi connectivity index (χ1n) is 4.09. The average Bonchev–Trinajstić information content (AvgIpc) is 1.85. The van der Waals surface area contributed by atoms with Gasteiger partial charge in [-0.3, -0.25) is 10.1 Å². The lowest BCUT2D eigenvalue weighted by Gasteiger charge is -2.16. The Kier molecular flexibility index (Phi) is 4.33. The molecular formula is C8H16N2O2. The number of urea groups is 1. The molecule has 0 aliphatic rings. The standard InChI is InChI=1S/C8H16N2O2/c1-4-6(5(2)3)7(11)10-8(9)12/h5-6H,4H2,1-3H3,(H3,9,10,11,12). The summed E-state index contributed by atoms with van der Waals surface area (Å²) in [6, 6.07) is -0.779. The van der Waals surface area contributed by atoms with Gasteiger partial charge in [-0.2, -0.15) is 0 Å². The fourth-order valence-electron chi connectivity index (χ4n) is 1.17. The summed E-state index contributed by atoms with van der Waals surface area (Å²) in [6.45, 7) is 5.79. The number of carbonyl (C=O) groups is 2. The minimum atomic E-state index is -0.779. The van der Waals surface area contributed by atoms with Gasteiger partial charge in [0.1, 0.15) is 0 Å². The summed E-state index contributed by atoms with van der Waals surface area (Å²) in [5.41, 5.74) is 4.82. The molecule has 0 saturated carbocycles. The number of nitrogens with two attached hydrogens (primary N) is 1. The Morgan fingerprint density at radius 2 is 1.92 bits per heavy atom. The maximum absolute atomic E-state index is 11.2. The lowest BCUT2D eigenvalue weighted by Crippen LogP contribution is -2.40. The van der Waals surface area contributed by atoms with Crippen LogP contribution in [-0.2, 0) is 4.79 Å². The Balaban J connectivity index is 4.12. The van der Waals surface area contributed by atoms with Gasteiger partial charge in [-0.05, 0) is 12.3 Å². The number of nitrogens with one attached hydrogen (secondary N) is 1. The highest BCUT2D eigenvalue weighted by atomic mass is 16.2. The molecule has 3 amide bonds. The van der Waals surface area contributed by atoms with E-state index in [0.717, 1.165) is 6.42 Å². The molecule has 3 N–H and O–H groups in total. The molecule has 4 nitrogen and oxygen atoms in total. The predicted octanol–water partition coefficient (Wildman–Crippen LogP) is 0.864. The van der Waals surface area contributed by atoms with E-state index >= 15 is 0 Å². The van der Waals surface area contributed by atoms with E-state index in [0.29, 0.717) is 0 Å². The van der Waals surface area contributed by atoms with Crippen LogP contribution in [0.15, 0.2) is 0 Å². The molecule has 1 atom stereocenters. The molecule has 0 fully saturated rings. The third-order valence-corrected chi connectivity index (χ3v) is 1.83. The monoisotopic (exact) mass is 172 g/mol. The summed E-state index contributed by atoms with van der Waals surface area (Å²) >= 11 is 0. The van der Waals surface area contributed by atoms with Gasteiger partial charge in [0.2, 0.25) is 5.91 Å². The molecule has 1 unspecified atom stereocenters. The Morgan fingerprint density at radius 1 is 1.42 bits per heavy atom. The second-order valence-electron chi connectivity index (χ2n) is 3.11. The highest BCUT2D eigenvalue weighted by molar-refractivity contribution is 5.94. The van der Waals surface area contributed by atoms with Gasteiger partial charge < -0.3 is 5.73 Å². The topological polar surface area (TPSA) is 72.2 Å². The molecule has 0 bridgehead atoms. The number of amides is 3. The van der Waals surface area contributed by atoms with Crippen LogP contribution in [0, 0.1) is 11.8 Å². The van der Waals surface area contributed by atoms with Gasteiger partial charge in [0, 0.05) is 5.92 Å². The number of primary amides is 1. The van der Waals surface area contributed by atoms with Crippen molar-refractivity contribution < 1.29 is 9.59 Å². The first kappa shape index (κ1) is 10.9. The fraction of sp³-hybridized carbons (Fsp3) is 0.750. The molecule has 0 saturated heterocycles. The van der Waals surface area contributed by atoms with E-state index in [2.05, 4.69) is 5.32 Å². The third-order valence-electron chi connectivity index (χ3n) is 1.83. The van der Waals surface area contributed by atoms with Gasteiger partial charge in [-0.25, -0.2) is 4.79 Å². The molecule has 0 aliphatic heterocycles. The van der Waals surface area contributed by atoms with Crippen molar-refractivity contribution >= 4 is 11.9 Å². The molecule has 0 aliphatic carbocycles. The maximum atomic E-state index is 11.2. The van der Waals surface area contributed by atoms with Crippen LogP contribution in [0.3, 0.4) is 0 Å². The summed E-state index contributed by atoms with van der Waals surface area (Å²) in [6.07, 6.45) is 0.719. The highest BCUT2D eigenvalue weighted by Crippen LogP contribution is 2.14. The van der Waals surface area contributed by atoms with E-state index in [4.69, 9.17) is 5.73 Å². The normalized spacial score (nSPS) is 12.7. The lowest BCUT2D eigenvalue weighted by atomic mass is 9.92. The van der Waals surface area contributed by atoms with Crippen molar-refractivity contribution in [2.45, 2.75) is 27.2 Å². The van der Waals surface area contributed by atoms with Crippen molar-refractivity contribution in [2.24, 2.45) is 17.6 Å². The van der Waals surface area contributed by atoms with Crippen LogP contribution in [0.1, 0.15) is 27.2 Å². The molecule has 12 heavy (non-hydrogen) atoms. The summed E-state index contributed by atoms with van der Waals surface area (Å²) < 4.78 is 0. The van der Waals surface area contributed by atoms with Crippen LogP contribution >= 0.6 is 0 Å². The van der Waals surface area contributed by atoms with Crippen LogP contribution in [0.4, 0.5) is 4.79 Å². The summed E-state index contributed by atoms with van der Waals surface area (Å²) in [7, 11) is 0. The molecule has 4 heteroatoms. The SMILES string of the molecule is CCC(C(=O)NC(N)=O)C(C)C. The predicted molar refractivity (Wildman–Crippen MR) is 46.3 cm³/mol. The number of carbonyl (C=O) groups excluding carboxylic acids is 2. The van der Waals surface area contributed by atoms with Crippen LogP contribution in [0.25, 0.3) is 0 Å². The number of hydrogen-bond acceptors (Lipinski definition) is 2. The second kappa shape index (κ2) is 4.74. The maximum Gasteiger partial charge on any atom is 0.318 e. The minimum absolute atomic E-state index is 0.127. The molecular weight excluding hydrogens is 156 g/mol. The van der Waals surface area contributed by atoms with Crippen molar-refractivity contribution in [1.29, 1.82) is 0 Å². The fourth-order valence-corrected chi connectivity index (χ4v) is 1.17. The van der Waals surface area contributed by atoms with Crippen molar-refractivity contribution in [3.8, 4) is 0 Å². The highest BCUT2D eigenvalue weighted by Gasteiger charge is 2.20. The average molecular weight is 172 g/mol. The first-order valence-corrected chi connectivity index (χ1v) is 4.09. The van der Waals surface area contributed by atoms with E-state index in [1.807, 2.05) is 20.8 Å². The molecule has 0 aromatic heterocycles. The molecule has 70 valence electrons. The van der Waals surface area contributed by atoms with Crippen LogP contribution < -0.4 is 11.1 Å². The van der Waals surface area contributed by atoms with Gasteiger partial charge in [0.15, 0.2) is 0 Å². The van der Waals surface area contributed by atoms with Gasteiger partial charge in [0.05, 0.1) is 0 Å². The molecule has 0 aromatic rings. The van der Waals surface area contributed by atoms with Crippen LogP contribution in [0.5, 0.6) is 0 Å². The minimum Gasteiger partial charge on any atom is -0.351 e. The van der Waals surface area contributed by atoms with Gasteiger partial charge in [-0.15, -0.1) is 0 Å². The zero-order valence-electron chi connectivity index (χ0n) is 7.76. The Hall–Kier alpha value is -1.06. The van der Waals surface area contributed by atoms with Crippen molar-refractivity contribution in [3.05, 3.63) is 0 Å². The van der Waals surface area contributed by atoms with E-state index in [1.165, 1.54) is 0 Å². The molecule has 0 heterocycles. The Morgan fingerprint density at radius 3 is 2.17 bits per heavy atom. The van der Waals surface area contributed by atoms with Crippen molar-refractivity contribution in [1.82, 2.24) is 5.32 Å². The van der Waals surface area contributed by atoms with Crippen molar-refractivity contribution in [2.75, 3.05) is 0 Å². The third kappa shape index (κ3) is 3.37. The lowest BCUT2D eigenvalue weighted by molar-refractivity contribution is -0.125. The zero-order chi connectivity index (χ0) is 9.72. The molecule has 0 spiro atoms. The van der Waals surface area contributed by atoms with Gasteiger partial charge >= 0.3 is 6.03 Å². The summed E-state index contributed by atoms with van der Waals surface area (Å²) in [5.74, 6) is -0.174. The molecule has 0 rings (SSSR count). The first-order chi connectivity index (χ1) is 5.49. The Bertz CT molecular complexity index is 178. The van der Waals surface area contributed by atoms with E-state index in [1.54, 1.807) is 0 Å². The number of hydrogen-bond donors (Lipinski definition) is 2. The summed E-state index contributed by atoms with van der Waals surface area (Å²) in [4.78, 5) is 21.6. The Labute approximate surface area is 72.5 Å². The van der Waals surface area contributed by atoms with Gasteiger partial charge in [-0.1, -0.05) is 20.8 Å². The number of imide groups is 1. The number of rotatable bonds is 3. The van der Waals surface area contributed by atoms with E-state index in [9.17, 15) is 9.59 Å². The molecule has 0 radical (unpaired) electrons. The second-order valence-corrected chi connectivity index (χ2v) is 3.11. The largest absolute Gasteiger partial charge is 0.351 e. The zero-order valence-corrected chi connectivity index (χ0v) is 7.76.